The summed E-state index contributed by atoms with van der Waals surface area (Å²) in [4.78, 5) is 13.9. The Morgan fingerprint density at radius 1 is 0.405 bits per heavy atom. The SMILES string of the molecule is O=C1c2cc(-c3ccccc3)ccc2C(c2ccc3ccccc3c2)c2cc(-c3ccccc3)ccc21. The Bertz CT molecular complexity index is 1780. The van der Waals surface area contributed by atoms with Crippen LogP contribution < -0.4 is 0 Å². The number of rotatable bonds is 3. The van der Waals surface area contributed by atoms with Gasteiger partial charge in [0.05, 0.1) is 0 Å². The molecule has 1 nitrogen and oxygen atoms in total. The van der Waals surface area contributed by atoms with Gasteiger partial charge in [0.25, 0.3) is 0 Å². The summed E-state index contributed by atoms with van der Waals surface area (Å²) in [5.74, 6) is 0.0697. The molecular formula is C36H24O. The first-order valence-corrected chi connectivity index (χ1v) is 12.7. The molecule has 0 fully saturated rings. The molecule has 0 aromatic heterocycles. The molecule has 1 unspecified atom stereocenters. The van der Waals surface area contributed by atoms with E-state index in [-0.39, 0.29) is 11.7 Å². The predicted molar refractivity (Wildman–Crippen MR) is 152 cm³/mol. The molecule has 37 heavy (non-hydrogen) atoms. The summed E-state index contributed by atoms with van der Waals surface area (Å²) in [5.41, 5.74) is 9.38. The third-order valence-corrected chi connectivity index (χ3v) is 7.54. The van der Waals surface area contributed by atoms with Crippen molar-refractivity contribution in [3.8, 4) is 22.3 Å². The molecule has 0 heterocycles. The first-order chi connectivity index (χ1) is 18.3. The van der Waals surface area contributed by atoms with Gasteiger partial charge in [-0.15, -0.1) is 0 Å². The van der Waals surface area contributed by atoms with Crippen molar-refractivity contribution in [1.29, 1.82) is 0 Å². The fourth-order valence-corrected chi connectivity index (χ4v) is 5.69. The van der Waals surface area contributed by atoms with Crippen LogP contribution in [0.5, 0.6) is 0 Å². The smallest absolute Gasteiger partial charge is 0.193 e. The number of hydrogen-bond donors (Lipinski definition) is 0. The second kappa shape index (κ2) is 8.72. The van der Waals surface area contributed by atoms with Crippen LogP contribution in [0.1, 0.15) is 38.5 Å². The molecule has 174 valence electrons. The second-order valence-electron chi connectivity index (χ2n) is 9.70. The highest BCUT2D eigenvalue weighted by molar-refractivity contribution is 6.14. The van der Waals surface area contributed by atoms with E-state index in [0.717, 1.165) is 44.5 Å². The summed E-state index contributed by atoms with van der Waals surface area (Å²) >= 11 is 0. The minimum Gasteiger partial charge on any atom is -0.289 e. The van der Waals surface area contributed by atoms with Gasteiger partial charge in [-0.1, -0.05) is 127 Å². The van der Waals surface area contributed by atoms with Crippen LogP contribution in [0, 0.1) is 0 Å². The summed E-state index contributed by atoms with van der Waals surface area (Å²) < 4.78 is 0. The Hall–Kier alpha value is -4.75. The number of fused-ring (bicyclic) bond motifs is 3. The highest BCUT2D eigenvalue weighted by atomic mass is 16.1. The van der Waals surface area contributed by atoms with Crippen molar-refractivity contribution < 1.29 is 4.79 Å². The Labute approximate surface area is 216 Å². The van der Waals surface area contributed by atoms with Crippen molar-refractivity contribution in [3.05, 3.63) is 167 Å². The molecule has 1 heteroatoms. The van der Waals surface area contributed by atoms with Crippen molar-refractivity contribution in [1.82, 2.24) is 0 Å². The molecule has 1 atom stereocenters. The highest BCUT2D eigenvalue weighted by Gasteiger charge is 2.32. The van der Waals surface area contributed by atoms with Crippen LogP contribution in [0.25, 0.3) is 33.0 Å². The van der Waals surface area contributed by atoms with Gasteiger partial charge in [0, 0.05) is 17.0 Å². The normalized spacial score (nSPS) is 14.3. The lowest BCUT2D eigenvalue weighted by Crippen LogP contribution is -2.20. The zero-order valence-corrected chi connectivity index (χ0v) is 20.3. The standard InChI is InChI=1S/C36H24O/c37-36-32-20-18-28(24-9-3-1-4-10-24)22-33(32)35(30-16-15-26-13-7-8-14-27(26)21-30)31-19-17-29(23-34(31)36)25-11-5-2-6-12-25/h1-23,35H. The molecule has 0 N–H and O–H groups in total. The number of hydrogen-bond acceptors (Lipinski definition) is 1. The van der Waals surface area contributed by atoms with E-state index >= 15 is 0 Å². The van der Waals surface area contributed by atoms with Crippen molar-refractivity contribution in [2.24, 2.45) is 0 Å². The maximum absolute atomic E-state index is 13.9. The van der Waals surface area contributed by atoms with E-state index in [9.17, 15) is 4.79 Å². The Morgan fingerprint density at radius 3 is 1.76 bits per heavy atom. The summed E-state index contributed by atoms with van der Waals surface area (Å²) in [7, 11) is 0. The van der Waals surface area contributed by atoms with E-state index in [1.54, 1.807) is 0 Å². The molecule has 0 bridgehead atoms. The first-order valence-electron chi connectivity index (χ1n) is 12.7. The molecule has 6 aromatic carbocycles. The van der Waals surface area contributed by atoms with E-state index in [4.69, 9.17) is 0 Å². The predicted octanol–water partition coefficient (Wildman–Crippen LogP) is 8.90. The third kappa shape index (κ3) is 3.68. The van der Waals surface area contributed by atoms with Gasteiger partial charge in [0.1, 0.15) is 0 Å². The van der Waals surface area contributed by atoms with Gasteiger partial charge in [-0.05, 0) is 61.8 Å². The lowest BCUT2D eigenvalue weighted by Gasteiger charge is -2.29. The van der Waals surface area contributed by atoms with Crippen LogP contribution in [0.3, 0.4) is 0 Å². The van der Waals surface area contributed by atoms with Gasteiger partial charge in [-0.3, -0.25) is 4.79 Å². The van der Waals surface area contributed by atoms with Gasteiger partial charge >= 0.3 is 0 Å². The van der Waals surface area contributed by atoms with E-state index in [0.29, 0.717) is 0 Å². The minimum absolute atomic E-state index is 0.0270. The van der Waals surface area contributed by atoms with Crippen molar-refractivity contribution in [2.75, 3.05) is 0 Å². The third-order valence-electron chi connectivity index (χ3n) is 7.54. The van der Waals surface area contributed by atoms with Crippen LogP contribution >= 0.6 is 0 Å². The molecule has 0 amide bonds. The van der Waals surface area contributed by atoms with Crippen LogP contribution in [0.4, 0.5) is 0 Å². The average Bonchev–Trinajstić information content (AvgIpc) is 2.98. The molecule has 0 saturated carbocycles. The molecule has 7 rings (SSSR count). The van der Waals surface area contributed by atoms with E-state index in [1.807, 2.05) is 30.3 Å². The average molecular weight is 473 g/mol. The zero-order valence-electron chi connectivity index (χ0n) is 20.3. The first kappa shape index (κ1) is 21.5. The summed E-state index contributed by atoms with van der Waals surface area (Å²) in [6.07, 6.45) is 0. The van der Waals surface area contributed by atoms with Crippen molar-refractivity contribution >= 4 is 16.6 Å². The van der Waals surface area contributed by atoms with Gasteiger partial charge in [0.15, 0.2) is 5.78 Å². The summed E-state index contributed by atoms with van der Waals surface area (Å²) in [5, 5.41) is 2.43. The largest absolute Gasteiger partial charge is 0.289 e. The summed E-state index contributed by atoms with van der Waals surface area (Å²) in [6.45, 7) is 0. The van der Waals surface area contributed by atoms with Gasteiger partial charge in [-0.25, -0.2) is 0 Å². The molecule has 1 aliphatic carbocycles. The summed E-state index contributed by atoms with van der Waals surface area (Å²) in [6, 6.07) is 48.5. The zero-order chi connectivity index (χ0) is 24.8. The Morgan fingerprint density at radius 2 is 1.03 bits per heavy atom. The lowest BCUT2D eigenvalue weighted by molar-refractivity contribution is 0.103. The highest BCUT2D eigenvalue weighted by Crippen LogP contribution is 2.44. The maximum Gasteiger partial charge on any atom is 0.193 e. The van der Waals surface area contributed by atoms with Crippen LogP contribution in [0.15, 0.2) is 140 Å². The monoisotopic (exact) mass is 472 g/mol. The van der Waals surface area contributed by atoms with Crippen LogP contribution in [0.2, 0.25) is 0 Å². The molecule has 1 aliphatic rings. The molecule has 0 aliphatic heterocycles. The fourth-order valence-electron chi connectivity index (χ4n) is 5.69. The van der Waals surface area contributed by atoms with E-state index in [2.05, 4.69) is 109 Å². The van der Waals surface area contributed by atoms with Crippen molar-refractivity contribution in [3.63, 3.8) is 0 Å². The van der Waals surface area contributed by atoms with Crippen LogP contribution in [-0.2, 0) is 0 Å². The Balaban J connectivity index is 1.46. The van der Waals surface area contributed by atoms with Crippen molar-refractivity contribution in [2.45, 2.75) is 5.92 Å². The Kier molecular flexibility index (Phi) is 5.08. The molecule has 6 aromatic rings. The van der Waals surface area contributed by atoms with E-state index in [1.165, 1.54) is 16.3 Å². The van der Waals surface area contributed by atoms with Crippen LogP contribution in [-0.4, -0.2) is 5.78 Å². The molecule has 0 radical (unpaired) electrons. The van der Waals surface area contributed by atoms with Gasteiger partial charge < -0.3 is 0 Å². The second-order valence-corrected chi connectivity index (χ2v) is 9.70. The lowest BCUT2D eigenvalue weighted by atomic mass is 9.73. The number of ketones is 1. The number of carbonyl (C=O) groups excluding carboxylic acids is 1. The number of carbonyl (C=O) groups is 1. The quantitative estimate of drug-likeness (QED) is 0.251. The minimum atomic E-state index is -0.0270. The van der Waals surface area contributed by atoms with Gasteiger partial charge in [0.2, 0.25) is 0 Å². The molecule has 0 saturated heterocycles. The van der Waals surface area contributed by atoms with E-state index < -0.39 is 0 Å². The van der Waals surface area contributed by atoms with Gasteiger partial charge in [-0.2, -0.15) is 0 Å². The topological polar surface area (TPSA) is 17.1 Å². The number of benzene rings is 6. The fraction of sp³-hybridized carbons (Fsp3) is 0.0278. The maximum atomic E-state index is 13.9. The molecule has 0 spiro atoms. The molecular weight excluding hydrogens is 448 g/mol.